The van der Waals surface area contributed by atoms with Gasteiger partial charge in [0.1, 0.15) is 0 Å². The molecule has 6 nitrogen and oxygen atoms in total. The Hall–Kier alpha value is -3.36. The van der Waals surface area contributed by atoms with E-state index in [0.29, 0.717) is 5.56 Å². The van der Waals surface area contributed by atoms with Crippen molar-refractivity contribution in [3.63, 3.8) is 0 Å². The average Bonchev–Trinajstić information content (AvgIpc) is 3.13. The lowest BCUT2D eigenvalue weighted by molar-refractivity contribution is -0.137. The van der Waals surface area contributed by atoms with Gasteiger partial charge in [0.15, 0.2) is 0 Å². The molecule has 1 aliphatic heterocycles. The third-order valence-corrected chi connectivity index (χ3v) is 4.73. The van der Waals surface area contributed by atoms with E-state index in [9.17, 15) is 27.6 Å². The third kappa shape index (κ3) is 5.16. The van der Waals surface area contributed by atoms with Crippen LogP contribution < -0.4 is 15.5 Å². The van der Waals surface area contributed by atoms with Crippen LogP contribution in [0, 0.1) is 5.92 Å². The SMILES string of the molecule is O=C(NCCNC(=O)[C@H]1CC(=O)N(c2cccc(C(F)(F)F)c2)C1)c1ccccc1. The number of carbonyl (C=O) groups excluding carboxylic acids is 3. The Bertz CT molecular complexity index is 932. The molecule has 158 valence electrons. The predicted molar refractivity (Wildman–Crippen MR) is 104 cm³/mol. The molecule has 1 aliphatic rings. The lowest BCUT2D eigenvalue weighted by atomic mass is 10.1. The van der Waals surface area contributed by atoms with Crippen molar-refractivity contribution in [2.45, 2.75) is 12.6 Å². The lowest BCUT2D eigenvalue weighted by Gasteiger charge is -2.18. The van der Waals surface area contributed by atoms with Crippen molar-refractivity contribution in [3.05, 3.63) is 65.7 Å². The molecule has 2 aromatic carbocycles. The summed E-state index contributed by atoms with van der Waals surface area (Å²) in [5, 5.41) is 5.32. The Morgan fingerprint density at radius 2 is 1.70 bits per heavy atom. The Morgan fingerprint density at radius 1 is 1.00 bits per heavy atom. The van der Waals surface area contributed by atoms with Crippen LogP contribution in [0.15, 0.2) is 54.6 Å². The van der Waals surface area contributed by atoms with Gasteiger partial charge in [0.25, 0.3) is 5.91 Å². The van der Waals surface area contributed by atoms with Crippen molar-refractivity contribution in [2.75, 3.05) is 24.5 Å². The highest BCUT2D eigenvalue weighted by molar-refractivity contribution is 6.00. The summed E-state index contributed by atoms with van der Waals surface area (Å²) in [7, 11) is 0. The number of hydrogen-bond donors (Lipinski definition) is 2. The van der Waals surface area contributed by atoms with E-state index < -0.39 is 23.6 Å². The second kappa shape index (κ2) is 8.98. The van der Waals surface area contributed by atoms with E-state index in [-0.39, 0.29) is 43.6 Å². The summed E-state index contributed by atoms with van der Waals surface area (Å²) in [5.41, 5.74) is -0.239. The van der Waals surface area contributed by atoms with Gasteiger partial charge in [-0.15, -0.1) is 0 Å². The van der Waals surface area contributed by atoms with Gasteiger partial charge >= 0.3 is 6.18 Å². The average molecular weight is 419 g/mol. The van der Waals surface area contributed by atoms with Crippen LogP contribution in [0.1, 0.15) is 22.3 Å². The third-order valence-electron chi connectivity index (χ3n) is 4.73. The second-order valence-electron chi connectivity index (χ2n) is 6.87. The van der Waals surface area contributed by atoms with Crippen LogP contribution in [-0.2, 0) is 15.8 Å². The number of hydrogen-bond acceptors (Lipinski definition) is 3. The van der Waals surface area contributed by atoms with Gasteiger partial charge in [-0.2, -0.15) is 13.2 Å². The van der Waals surface area contributed by atoms with Crippen molar-refractivity contribution < 1.29 is 27.6 Å². The van der Waals surface area contributed by atoms with Gasteiger partial charge in [-0.3, -0.25) is 14.4 Å². The Labute approximate surface area is 171 Å². The summed E-state index contributed by atoms with van der Waals surface area (Å²) in [6.07, 6.45) is -4.60. The van der Waals surface area contributed by atoms with Gasteiger partial charge in [-0.05, 0) is 30.3 Å². The molecule has 30 heavy (non-hydrogen) atoms. The predicted octanol–water partition coefficient (Wildman–Crippen LogP) is 2.60. The molecule has 0 unspecified atom stereocenters. The molecule has 0 bridgehead atoms. The minimum absolute atomic E-state index is 0.00233. The zero-order valence-electron chi connectivity index (χ0n) is 15.9. The molecule has 0 spiro atoms. The summed E-state index contributed by atoms with van der Waals surface area (Å²) in [6, 6.07) is 13.1. The first kappa shape index (κ1) is 21.4. The Morgan fingerprint density at radius 3 is 2.40 bits per heavy atom. The van der Waals surface area contributed by atoms with Gasteiger partial charge in [-0.1, -0.05) is 24.3 Å². The van der Waals surface area contributed by atoms with Crippen molar-refractivity contribution in [1.82, 2.24) is 10.6 Å². The molecule has 0 saturated carbocycles. The van der Waals surface area contributed by atoms with Gasteiger partial charge in [0.2, 0.25) is 11.8 Å². The summed E-state index contributed by atoms with van der Waals surface area (Å²) in [6.45, 7) is 0.380. The Kier molecular flexibility index (Phi) is 6.39. The molecule has 0 radical (unpaired) electrons. The molecule has 3 amide bonds. The van der Waals surface area contributed by atoms with Crippen LogP contribution >= 0.6 is 0 Å². The molecule has 9 heteroatoms. The molecule has 3 rings (SSSR count). The first-order valence-electron chi connectivity index (χ1n) is 9.34. The fraction of sp³-hybridized carbons (Fsp3) is 0.286. The minimum atomic E-state index is -4.51. The smallest absolute Gasteiger partial charge is 0.354 e. The molecule has 1 heterocycles. The van der Waals surface area contributed by atoms with Gasteiger partial charge in [-0.25, -0.2) is 0 Å². The standard InChI is InChI=1S/C21H20F3N3O3/c22-21(23,24)16-7-4-8-17(12-16)27-13-15(11-18(27)28)20(30)26-10-9-25-19(29)14-5-2-1-3-6-14/h1-8,12,15H,9-11,13H2,(H,25,29)(H,26,30)/t15-/m0/s1. The normalized spacial score (nSPS) is 16.4. The number of amides is 3. The van der Waals surface area contributed by atoms with E-state index in [1.807, 2.05) is 0 Å². The number of rotatable bonds is 6. The fourth-order valence-corrected chi connectivity index (χ4v) is 3.18. The second-order valence-corrected chi connectivity index (χ2v) is 6.87. The number of anilines is 1. The lowest BCUT2D eigenvalue weighted by Crippen LogP contribution is -2.38. The van der Waals surface area contributed by atoms with E-state index in [2.05, 4.69) is 10.6 Å². The quantitative estimate of drug-likeness (QED) is 0.707. The number of halogens is 3. The molecular weight excluding hydrogens is 399 g/mol. The monoisotopic (exact) mass is 419 g/mol. The number of nitrogens with one attached hydrogen (secondary N) is 2. The molecular formula is C21H20F3N3O3. The number of benzene rings is 2. The number of carbonyl (C=O) groups is 3. The maximum atomic E-state index is 12.9. The van der Waals surface area contributed by atoms with E-state index in [0.717, 1.165) is 12.1 Å². The van der Waals surface area contributed by atoms with Crippen molar-refractivity contribution in [3.8, 4) is 0 Å². The van der Waals surface area contributed by atoms with Crippen molar-refractivity contribution in [2.24, 2.45) is 5.92 Å². The fourth-order valence-electron chi connectivity index (χ4n) is 3.18. The molecule has 2 N–H and O–H groups in total. The van der Waals surface area contributed by atoms with Crippen LogP contribution in [-0.4, -0.2) is 37.4 Å². The first-order chi connectivity index (χ1) is 14.3. The first-order valence-corrected chi connectivity index (χ1v) is 9.34. The molecule has 0 aliphatic carbocycles. The highest BCUT2D eigenvalue weighted by atomic mass is 19.4. The maximum Gasteiger partial charge on any atom is 0.416 e. The zero-order valence-corrected chi connectivity index (χ0v) is 15.9. The largest absolute Gasteiger partial charge is 0.416 e. The van der Waals surface area contributed by atoms with E-state index >= 15 is 0 Å². The summed E-state index contributed by atoms with van der Waals surface area (Å²) in [5.74, 6) is -1.73. The van der Waals surface area contributed by atoms with Crippen molar-refractivity contribution in [1.29, 1.82) is 0 Å². The molecule has 1 fully saturated rings. The number of alkyl halides is 3. The molecule has 1 saturated heterocycles. The van der Waals surface area contributed by atoms with Gasteiger partial charge in [0.05, 0.1) is 11.5 Å². The molecule has 1 atom stereocenters. The van der Waals surface area contributed by atoms with Crippen LogP contribution in [0.4, 0.5) is 18.9 Å². The highest BCUT2D eigenvalue weighted by Crippen LogP contribution is 2.33. The summed E-state index contributed by atoms with van der Waals surface area (Å²) in [4.78, 5) is 37.7. The van der Waals surface area contributed by atoms with Crippen LogP contribution in [0.2, 0.25) is 0 Å². The highest BCUT2D eigenvalue weighted by Gasteiger charge is 2.36. The minimum Gasteiger partial charge on any atom is -0.354 e. The molecule has 0 aromatic heterocycles. The van der Waals surface area contributed by atoms with Crippen LogP contribution in [0.25, 0.3) is 0 Å². The zero-order chi connectivity index (χ0) is 21.7. The van der Waals surface area contributed by atoms with Crippen LogP contribution in [0.5, 0.6) is 0 Å². The maximum absolute atomic E-state index is 12.9. The van der Waals surface area contributed by atoms with Crippen LogP contribution in [0.3, 0.4) is 0 Å². The topological polar surface area (TPSA) is 78.5 Å². The Balaban J connectivity index is 1.50. The van der Waals surface area contributed by atoms with Crippen molar-refractivity contribution >= 4 is 23.4 Å². The van der Waals surface area contributed by atoms with Gasteiger partial charge in [0, 0.05) is 37.3 Å². The van der Waals surface area contributed by atoms with E-state index in [1.54, 1.807) is 30.3 Å². The van der Waals surface area contributed by atoms with E-state index in [1.165, 1.54) is 17.0 Å². The summed E-state index contributed by atoms with van der Waals surface area (Å²) >= 11 is 0. The molecule has 2 aromatic rings. The van der Waals surface area contributed by atoms with Gasteiger partial charge < -0.3 is 15.5 Å². The summed E-state index contributed by atoms with van der Waals surface area (Å²) < 4.78 is 38.7. The number of nitrogens with zero attached hydrogens (tertiary/aromatic N) is 1. The van der Waals surface area contributed by atoms with E-state index in [4.69, 9.17) is 0 Å².